The lowest BCUT2D eigenvalue weighted by Crippen LogP contribution is -2.26. The molecule has 3 rings (SSSR count). The number of ether oxygens (including phenoxy) is 1. The Morgan fingerprint density at radius 1 is 1.16 bits per heavy atom. The fraction of sp³-hybridized carbons (Fsp3) is 0.200. The second kappa shape index (κ2) is 7.94. The summed E-state index contributed by atoms with van der Waals surface area (Å²) in [5.41, 5.74) is 3.60. The highest BCUT2D eigenvalue weighted by Crippen LogP contribution is 2.26. The molecule has 3 aromatic rings. The molecule has 0 saturated carbocycles. The molecule has 2 aromatic carbocycles. The number of nitrogens with one attached hydrogen (secondary N) is 1. The van der Waals surface area contributed by atoms with Crippen LogP contribution in [-0.2, 0) is 6.42 Å². The predicted molar refractivity (Wildman–Crippen MR) is 101 cm³/mol. The summed E-state index contributed by atoms with van der Waals surface area (Å²) in [6, 6.07) is 15.6. The van der Waals surface area contributed by atoms with Crippen LogP contribution in [0.2, 0.25) is 0 Å². The number of aryl methyl sites for hydroxylation is 1. The highest BCUT2D eigenvalue weighted by atomic mass is 32.1. The smallest absolute Gasteiger partial charge is 0.255 e. The van der Waals surface area contributed by atoms with Crippen LogP contribution >= 0.6 is 11.3 Å². The first-order valence-electron chi connectivity index (χ1n) is 8.10. The van der Waals surface area contributed by atoms with Gasteiger partial charge in [-0.25, -0.2) is 4.98 Å². The highest BCUT2D eigenvalue weighted by Gasteiger charge is 2.13. The molecule has 0 unspecified atom stereocenters. The summed E-state index contributed by atoms with van der Waals surface area (Å²) in [5, 5.41) is 6.02. The van der Waals surface area contributed by atoms with E-state index in [1.165, 1.54) is 0 Å². The second-order valence-corrected chi connectivity index (χ2v) is 6.71. The molecule has 1 heterocycles. The number of rotatable bonds is 6. The maximum atomic E-state index is 12.6. The van der Waals surface area contributed by atoms with Crippen LogP contribution in [0.5, 0.6) is 5.75 Å². The number of hydrogen-bond acceptors (Lipinski definition) is 4. The summed E-state index contributed by atoms with van der Waals surface area (Å²) >= 11 is 1.62. The fourth-order valence-corrected chi connectivity index (χ4v) is 3.27. The molecule has 5 heteroatoms. The zero-order valence-electron chi connectivity index (χ0n) is 14.3. The molecule has 0 bridgehead atoms. The predicted octanol–water partition coefficient (Wildman–Crippen LogP) is 4.10. The maximum absolute atomic E-state index is 12.6. The molecule has 0 spiro atoms. The Morgan fingerprint density at radius 3 is 2.64 bits per heavy atom. The summed E-state index contributed by atoms with van der Waals surface area (Å²) in [7, 11) is 1.58. The lowest BCUT2D eigenvalue weighted by atomic mass is 10.0. The third kappa shape index (κ3) is 4.25. The van der Waals surface area contributed by atoms with Gasteiger partial charge in [0.05, 0.1) is 23.4 Å². The molecule has 4 nitrogen and oxygen atoms in total. The average molecular weight is 352 g/mol. The van der Waals surface area contributed by atoms with Gasteiger partial charge in [0.25, 0.3) is 5.91 Å². The first-order chi connectivity index (χ1) is 12.2. The molecule has 1 amide bonds. The Labute approximate surface area is 151 Å². The average Bonchev–Trinajstić information content (AvgIpc) is 3.07. The van der Waals surface area contributed by atoms with Crippen molar-refractivity contribution in [1.29, 1.82) is 0 Å². The summed E-state index contributed by atoms with van der Waals surface area (Å²) in [5.74, 6) is 0.434. The van der Waals surface area contributed by atoms with Gasteiger partial charge in [0.15, 0.2) is 0 Å². The van der Waals surface area contributed by atoms with E-state index in [4.69, 9.17) is 4.74 Å². The van der Waals surface area contributed by atoms with Gasteiger partial charge in [0.1, 0.15) is 5.75 Å². The van der Waals surface area contributed by atoms with Crippen LogP contribution in [0.1, 0.15) is 21.1 Å². The molecule has 0 aliphatic heterocycles. The SMILES string of the molecule is COc1ccc(-c2ccccc2)cc1C(=O)NCCc1csc(C)n1. The number of thiazole rings is 1. The van der Waals surface area contributed by atoms with Crippen molar-refractivity contribution in [2.24, 2.45) is 0 Å². The molecule has 128 valence electrons. The molecule has 25 heavy (non-hydrogen) atoms. The molecule has 0 fully saturated rings. The van der Waals surface area contributed by atoms with Crippen molar-refractivity contribution in [3.05, 3.63) is 70.2 Å². The minimum atomic E-state index is -0.137. The van der Waals surface area contributed by atoms with Gasteiger partial charge in [0, 0.05) is 18.3 Å². The molecule has 0 radical (unpaired) electrons. The minimum absolute atomic E-state index is 0.137. The van der Waals surface area contributed by atoms with Gasteiger partial charge in [-0.15, -0.1) is 11.3 Å². The first kappa shape index (κ1) is 17.2. The Hall–Kier alpha value is -2.66. The van der Waals surface area contributed by atoms with Crippen molar-refractivity contribution < 1.29 is 9.53 Å². The van der Waals surface area contributed by atoms with Crippen molar-refractivity contribution in [3.63, 3.8) is 0 Å². The highest BCUT2D eigenvalue weighted by molar-refractivity contribution is 7.09. The van der Waals surface area contributed by atoms with E-state index in [2.05, 4.69) is 10.3 Å². The Bertz CT molecular complexity index is 859. The van der Waals surface area contributed by atoms with E-state index >= 15 is 0 Å². The topological polar surface area (TPSA) is 51.2 Å². The standard InChI is InChI=1S/C20H20N2O2S/c1-14-22-17(13-25-14)10-11-21-20(23)18-12-16(8-9-19(18)24-2)15-6-4-3-5-7-15/h3-9,12-13H,10-11H2,1-2H3,(H,21,23). The molecular weight excluding hydrogens is 332 g/mol. The Balaban J connectivity index is 1.73. The van der Waals surface area contributed by atoms with Crippen LogP contribution in [0.15, 0.2) is 53.9 Å². The third-order valence-corrected chi connectivity index (χ3v) is 4.71. The van der Waals surface area contributed by atoms with Crippen LogP contribution in [0.3, 0.4) is 0 Å². The van der Waals surface area contributed by atoms with E-state index in [9.17, 15) is 4.79 Å². The van der Waals surface area contributed by atoms with E-state index in [0.717, 1.165) is 28.2 Å². The molecule has 0 aliphatic rings. The van der Waals surface area contributed by atoms with E-state index in [0.29, 0.717) is 17.9 Å². The molecule has 0 atom stereocenters. The molecule has 1 N–H and O–H groups in total. The maximum Gasteiger partial charge on any atom is 0.255 e. The van der Waals surface area contributed by atoms with Gasteiger partial charge in [-0.3, -0.25) is 4.79 Å². The number of amides is 1. The summed E-state index contributed by atoms with van der Waals surface area (Å²) in [6.07, 6.45) is 0.719. The number of carbonyl (C=O) groups excluding carboxylic acids is 1. The number of carbonyl (C=O) groups is 1. The number of aromatic nitrogens is 1. The number of benzene rings is 2. The third-order valence-electron chi connectivity index (χ3n) is 3.88. The summed E-state index contributed by atoms with van der Waals surface area (Å²) in [4.78, 5) is 17.0. The first-order valence-corrected chi connectivity index (χ1v) is 8.98. The number of nitrogens with zero attached hydrogens (tertiary/aromatic N) is 1. The minimum Gasteiger partial charge on any atom is -0.496 e. The quantitative estimate of drug-likeness (QED) is 0.727. The van der Waals surface area contributed by atoms with Crippen molar-refractivity contribution in [1.82, 2.24) is 10.3 Å². The molecule has 0 aliphatic carbocycles. The van der Waals surface area contributed by atoms with Gasteiger partial charge in [-0.2, -0.15) is 0 Å². The Morgan fingerprint density at radius 2 is 1.96 bits per heavy atom. The number of methoxy groups -OCH3 is 1. The van der Waals surface area contributed by atoms with E-state index in [1.807, 2.05) is 60.8 Å². The van der Waals surface area contributed by atoms with Crippen LogP contribution in [0.25, 0.3) is 11.1 Å². The molecule has 1 aromatic heterocycles. The van der Waals surface area contributed by atoms with Crippen LogP contribution < -0.4 is 10.1 Å². The molecule has 0 saturated heterocycles. The molecular formula is C20H20N2O2S. The second-order valence-electron chi connectivity index (χ2n) is 5.64. The van der Waals surface area contributed by atoms with Crippen molar-refractivity contribution in [3.8, 4) is 16.9 Å². The van der Waals surface area contributed by atoms with Gasteiger partial charge < -0.3 is 10.1 Å². The van der Waals surface area contributed by atoms with Gasteiger partial charge in [0.2, 0.25) is 0 Å². The van der Waals surface area contributed by atoms with E-state index < -0.39 is 0 Å². The van der Waals surface area contributed by atoms with E-state index in [1.54, 1.807) is 18.4 Å². The van der Waals surface area contributed by atoms with Gasteiger partial charge in [-0.1, -0.05) is 36.4 Å². The summed E-state index contributed by atoms with van der Waals surface area (Å²) < 4.78 is 5.35. The van der Waals surface area contributed by atoms with Gasteiger partial charge in [-0.05, 0) is 30.2 Å². The van der Waals surface area contributed by atoms with Crippen LogP contribution in [0.4, 0.5) is 0 Å². The fourth-order valence-electron chi connectivity index (χ4n) is 2.62. The lowest BCUT2D eigenvalue weighted by Gasteiger charge is -2.11. The zero-order valence-corrected chi connectivity index (χ0v) is 15.1. The van der Waals surface area contributed by atoms with Crippen LogP contribution in [-0.4, -0.2) is 24.5 Å². The Kier molecular flexibility index (Phi) is 5.46. The van der Waals surface area contributed by atoms with Crippen LogP contribution in [0, 0.1) is 6.92 Å². The normalized spacial score (nSPS) is 10.5. The van der Waals surface area contributed by atoms with Crippen molar-refractivity contribution in [2.75, 3.05) is 13.7 Å². The van der Waals surface area contributed by atoms with Gasteiger partial charge >= 0.3 is 0 Å². The lowest BCUT2D eigenvalue weighted by molar-refractivity contribution is 0.0951. The van der Waals surface area contributed by atoms with E-state index in [-0.39, 0.29) is 5.91 Å². The van der Waals surface area contributed by atoms with Crippen molar-refractivity contribution in [2.45, 2.75) is 13.3 Å². The number of hydrogen-bond donors (Lipinski definition) is 1. The zero-order chi connectivity index (χ0) is 17.6. The summed E-state index contributed by atoms with van der Waals surface area (Å²) in [6.45, 7) is 2.52. The van der Waals surface area contributed by atoms with Crippen molar-refractivity contribution >= 4 is 17.2 Å². The largest absolute Gasteiger partial charge is 0.496 e. The monoisotopic (exact) mass is 352 g/mol.